The van der Waals surface area contributed by atoms with Crippen LogP contribution in [0.2, 0.25) is 0 Å². The van der Waals surface area contributed by atoms with Gasteiger partial charge >= 0.3 is 0 Å². The molecular formula is C26H26N6O. The van der Waals surface area contributed by atoms with Crippen molar-refractivity contribution in [2.75, 3.05) is 13.6 Å². The van der Waals surface area contributed by atoms with Crippen molar-refractivity contribution in [2.45, 2.75) is 26.1 Å². The molecule has 0 saturated heterocycles. The van der Waals surface area contributed by atoms with Gasteiger partial charge in [-0.1, -0.05) is 47.7 Å². The summed E-state index contributed by atoms with van der Waals surface area (Å²) in [6.07, 6.45) is 6.11. The highest BCUT2D eigenvalue weighted by Crippen LogP contribution is 2.36. The van der Waals surface area contributed by atoms with Gasteiger partial charge in [-0.2, -0.15) is 0 Å². The molecule has 0 spiro atoms. The minimum atomic E-state index is -0.231. The lowest BCUT2D eigenvalue weighted by atomic mass is 10.0. The predicted molar refractivity (Wildman–Crippen MR) is 126 cm³/mol. The number of fused-ring (bicyclic) bond motifs is 3. The Bertz CT molecular complexity index is 1270. The molecule has 0 unspecified atom stereocenters. The van der Waals surface area contributed by atoms with Crippen molar-refractivity contribution in [2.24, 2.45) is 0 Å². The first kappa shape index (κ1) is 21.0. The minimum Gasteiger partial charge on any atom is -0.347 e. The normalized spacial score (nSPS) is 11.9. The molecule has 33 heavy (non-hydrogen) atoms. The van der Waals surface area contributed by atoms with Crippen LogP contribution in [0.25, 0.3) is 11.1 Å². The Kier molecular flexibility index (Phi) is 5.95. The van der Waals surface area contributed by atoms with E-state index in [0.29, 0.717) is 18.8 Å². The fraction of sp³-hybridized carbons (Fsp3) is 0.231. The number of hydrogen-bond acceptors (Lipinski definition) is 5. The molecule has 1 aliphatic carbocycles. The zero-order valence-corrected chi connectivity index (χ0v) is 18.6. The van der Waals surface area contributed by atoms with Gasteiger partial charge in [0.15, 0.2) is 5.69 Å². The van der Waals surface area contributed by atoms with Gasteiger partial charge in [-0.05, 0) is 59.0 Å². The average Bonchev–Trinajstić information content (AvgIpc) is 3.46. The molecule has 2 aromatic carbocycles. The molecule has 1 N–H and O–H groups in total. The third kappa shape index (κ3) is 4.83. The monoisotopic (exact) mass is 438 g/mol. The number of nitrogens with one attached hydrogen (secondary N) is 1. The molecule has 1 amide bonds. The molecule has 7 nitrogen and oxygen atoms in total. The largest absolute Gasteiger partial charge is 0.347 e. The SMILES string of the molecule is CN(CCn1cc(C(=O)NCc2ccncc2)nn1)Cc1ccc2c(c1)Cc1ccccc1-2. The second-order valence-electron chi connectivity index (χ2n) is 8.47. The van der Waals surface area contributed by atoms with Crippen molar-refractivity contribution >= 4 is 5.91 Å². The Balaban J connectivity index is 1.12. The molecule has 0 saturated carbocycles. The summed E-state index contributed by atoms with van der Waals surface area (Å²) in [5, 5.41) is 11.0. The van der Waals surface area contributed by atoms with E-state index in [1.165, 1.54) is 27.8 Å². The minimum absolute atomic E-state index is 0.231. The molecule has 5 rings (SSSR count). The Hall–Kier alpha value is -3.84. The molecule has 0 fully saturated rings. The topological polar surface area (TPSA) is 75.9 Å². The van der Waals surface area contributed by atoms with Crippen LogP contribution in [-0.4, -0.2) is 44.4 Å². The van der Waals surface area contributed by atoms with E-state index in [9.17, 15) is 4.79 Å². The number of carbonyl (C=O) groups excluding carboxylic acids is 1. The predicted octanol–water partition coefficient (Wildman–Crippen LogP) is 3.31. The summed E-state index contributed by atoms with van der Waals surface area (Å²) < 4.78 is 1.72. The maximum absolute atomic E-state index is 12.3. The van der Waals surface area contributed by atoms with Gasteiger partial charge in [0.05, 0.1) is 12.7 Å². The summed E-state index contributed by atoms with van der Waals surface area (Å²) >= 11 is 0. The Morgan fingerprint density at radius 3 is 2.73 bits per heavy atom. The van der Waals surface area contributed by atoms with Crippen LogP contribution >= 0.6 is 0 Å². The van der Waals surface area contributed by atoms with Crippen LogP contribution in [0, 0.1) is 0 Å². The zero-order chi connectivity index (χ0) is 22.6. The van der Waals surface area contributed by atoms with Gasteiger partial charge in [0, 0.05) is 32.0 Å². The number of likely N-dealkylation sites (N-methyl/N-ethyl adjacent to an activating group) is 1. The highest BCUT2D eigenvalue weighted by Gasteiger charge is 2.18. The molecule has 0 aliphatic heterocycles. The highest BCUT2D eigenvalue weighted by atomic mass is 16.2. The third-order valence-corrected chi connectivity index (χ3v) is 6.00. The van der Waals surface area contributed by atoms with Crippen molar-refractivity contribution in [1.82, 2.24) is 30.2 Å². The fourth-order valence-electron chi connectivity index (χ4n) is 4.25. The van der Waals surface area contributed by atoms with Gasteiger partial charge < -0.3 is 10.2 Å². The van der Waals surface area contributed by atoms with Gasteiger partial charge in [-0.25, -0.2) is 0 Å². The van der Waals surface area contributed by atoms with E-state index in [1.807, 2.05) is 12.1 Å². The first-order valence-corrected chi connectivity index (χ1v) is 11.1. The summed E-state index contributed by atoms with van der Waals surface area (Å²) in [4.78, 5) is 18.6. The van der Waals surface area contributed by atoms with E-state index in [-0.39, 0.29) is 5.91 Å². The summed E-state index contributed by atoms with van der Waals surface area (Å²) in [6.45, 7) is 2.76. The molecular weight excluding hydrogens is 412 g/mol. The lowest BCUT2D eigenvalue weighted by molar-refractivity contribution is 0.0946. The van der Waals surface area contributed by atoms with E-state index in [1.54, 1.807) is 23.3 Å². The van der Waals surface area contributed by atoms with Crippen LogP contribution in [0.1, 0.15) is 32.7 Å². The van der Waals surface area contributed by atoms with Crippen molar-refractivity contribution < 1.29 is 4.79 Å². The van der Waals surface area contributed by atoms with E-state index in [4.69, 9.17) is 0 Å². The third-order valence-electron chi connectivity index (χ3n) is 6.00. The lowest BCUT2D eigenvalue weighted by Gasteiger charge is -2.17. The number of amides is 1. The molecule has 0 bridgehead atoms. The summed E-state index contributed by atoms with van der Waals surface area (Å²) in [5.41, 5.74) is 8.14. The number of pyridine rings is 1. The van der Waals surface area contributed by atoms with E-state index >= 15 is 0 Å². The molecule has 7 heteroatoms. The van der Waals surface area contributed by atoms with Crippen molar-refractivity contribution in [3.05, 3.63) is 101 Å². The molecule has 1 aliphatic rings. The Labute approximate surface area is 193 Å². The second-order valence-corrected chi connectivity index (χ2v) is 8.47. The summed E-state index contributed by atoms with van der Waals surface area (Å²) in [5.74, 6) is -0.231. The average molecular weight is 439 g/mol. The fourth-order valence-corrected chi connectivity index (χ4v) is 4.25. The Morgan fingerprint density at radius 1 is 1.03 bits per heavy atom. The van der Waals surface area contributed by atoms with Crippen molar-refractivity contribution in [3.63, 3.8) is 0 Å². The molecule has 2 heterocycles. The maximum Gasteiger partial charge on any atom is 0.273 e. The number of rotatable bonds is 8. The zero-order valence-electron chi connectivity index (χ0n) is 18.6. The van der Waals surface area contributed by atoms with E-state index < -0.39 is 0 Å². The van der Waals surface area contributed by atoms with Gasteiger partial charge in [0.25, 0.3) is 5.91 Å². The molecule has 4 aromatic rings. The first-order chi connectivity index (χ1) is 16.2. The number of aromatic nitrogens is 4. The van der Waals surface area contributed by atoms with Crippen LogP contribution in [0.5, 0.6) is 0 Å². The van der Waals surface area contributed by atoms with Crippen LogP contribution in [-0.2, 0) is 26.1 Å². The van der Waals surface area contributed by atoms with Crippen LogP contribution in [0.3, 0.4) is 0 Å². The lowest BCUT2D eigenvalue weighted by Crippen LogP contribution is -2.24. The van der Waals surface area contributed by atoms with Crippen molar-refractivity contribution in [3.8, 4) is 11.1 Å². The van der Waals surface area contributed by atoms with Crippen LogP contribution in [0.15, 0.2) is 73.2 Å². The van der Waals surface area contributed by atoms with Gasteiger partial charge in [-0.3, -0.25) is 14.5 Å². The standard InChI is InChI=1S/C26H26N6O/c1-31(17-20-6-7-24-22(14-20)15-21-4-2-3-5-23(21)24)12-13-32-18-25(29-30-32)26(33)28-16-19-8-10-27-11-9-19/h2-11,14,18H,12-13,15-17H2,1H3,(H,28,33). The maximum atomic E-state index is 12.3. The highest BCUT2D eigenvalue weighted by molar-refractivity contribution is 5.91. The van der Waals surface area contributed by atoms with Crippen molar-refractivity contribution in [1.29, 1.82) is 0 Å². The molecule has 0 radical (unpaired) electrons. The second kappa shape index (κ2) is 9.34. The van der Waals surface area contributed by atoms with Crippen LogP contribution in [0.4, 0.5) is 0 Å². The smallest absolute Gasteiger partial charge is 0.273 e. The molecule has 0 atom stereocenters. The summed E-state index contributed by atoms with van der Waals surface area (Å²) in [7, 11) is 2.10. The molecule has 2 aromatic heterocycles. The number of benzene rings is 2. The van der Waals surface area contributed by atoms with Gasteiger partial charge in [-0.15, -0.1) is 5.10 Å². The van der Waals surface area contributed by atoms with Gasteiger partial charge in [0.2, 0.25) is 0 Å². The number of hydrogen-bond donors (Lipinski definition) is 1. The van der Waals surface area contributed by atoms with Crippen LogP contribution < -0.4 is 5.32 Å². The number of carbonyl (C=O) groups is 1. The quantitative estimate of drug-likeness (QED) is 0.402. The van der Waals surface area contributed by atoms with E-state index in [2.05, 4.69) is 75.0 Å². The molecule has 166 valence electrons. The first-order valence-electron chi connectivity index (χ1n) is 11.1. The Morgan fingerprint density at radius 2 is 1.85 bits per heavy atom. The summed E-state index contributed by atoms with van der Waals surface area (Å²) in [6, 6.07) is 19.2. The van der Waals surface area contributed by atoms with Gasteiger partial charge in [0.1, 0.15) is 0 Å². The van der Waals surface area contributed by atoms with E-state index in [0.717, 1.165) is 25.1 Å². The number of nitrogens with zero attached hydrogens (tertiary/aromatic N) is 5.